The van der Waals surface area contributed by atoms with Gasteiger partial charge in [0.1, 0.15) is 0 Å². The van der Waals surface area contributed by atoms with Crippen molar-refractivity contribution in [1.29, 1.82) is 0 Å². The summed E-state index contributed by atoms with van der Waals surface area (Å²) in [5.74, 6) is -1.51. The smallest absolute Gasteiger partial charge is 0.316 e. The summed E-state index contributed by atoms with van der Waals surface area (Å²) in [6.07, 6.45) is 2.95. The zero-order chi connectivity index (χ0) is 15.4. The molecule has 0 radical (unpaired) electrons. The first-order valence-corrected chi connectivity index (χ1v) is 6.60. The Hall–Kier alpha value is -3.28. The molecule has 3 rings (SSSR count). The molecule has 0 saturated carbocycles. The Morgan fingerprint density at radius 2 is 1.45 bits per heavy atom. The molecule has 2 aromatic carbocycles. The Morgan fingerprint density at radius 1 is 0.773 bits per heavy atom. The monoisotopic (exact) mass is 292 g/mol. The second-order valence-electron chi connectivity index (χ2n) is 4.54. The summed E-state index contributed by atoms with van der Waals surface area (Å²) in [6, 6.07) is 14.8. The lowest BCUT2D eigenvalue weighted by molar-refractivity contribution is -0.133. The molecule has 1 aromatic heterocycles. The molecule has 0 unspecified atom stereocenters. The van der Waals surface area contributed by atoms with Crippen molar-refractivity contribution in [2.75, 3.05) is 10.6 Å². The predicted molar refractivity (Wildman–Crippen MR) is 83.2 cm³/mol. The summed E-state index contributed by atoms with van der Waals surface area (Å²) in [6.45, 7) is 0. The van der Waals surface area contributed by atoms with Crippen molar-refractivity contribution in [3.05, 3.63) is 60.9 Å². The fourth-order valence-electron chi connectivity index (χ4n) is 1.98. The molecule has 0 atom stereocenters. The fourth-order valence-corrected chi connectivity index (χ4v) is 1.98. The Labute approximate surface area is 126 Å². The van der Waals surface area contributed by atoms with E-state index in [1.807, 2.05) is 30.3 Å². The molecule has 3 aromatic rings. The molecule has 0 bridgehead atoms. The quantitative estimate of drug-likeness (QED) is 0.709. The van der Waals surface area contributed by atoms with E-state index >= 15 is 0 Å². The van der Waals surface area contributed by atoms with Crippen molar-refractivity contribution in [1.82, 2.24) is 9.97 Å². The first-order chi connectivity index (χ1) is 10.7. The van der Waals surface area contributed by atoms with E-state index in [1.165, 1.54) is 12.4 Å². The standard InChI is InChI=1S/C16H12N4O2/c21-14(15(22)20-16-17-8-3-9-18-16)19-13-7-6-11-4-1-2-5-12(11)10-13/h1-10H,(H,19,21)(H,17,18,20,22). The number of hydrogen-bond acceptors (Lipinski definition) is 4. The van der Waals surface area contributed by atoms with E-state index in [-0.39, 0.29) is 5.95 Å². The molecule has 0 aliphatic rings. The van der Waals surface area contributed by atoms with Crippen LogP contribution in [-0.4, -0.2) is 21.8 Å². The molecule has 108 valence electrons. The highest BCUT2D eigenvalue weighted by Gasteiger charge is 2.15. The molecule has 6 heteroatoms. The molecule has 22 heavy (non-hydrogen) atoms. The molecule has 0 aliphatic heterocycles. The highest BCUT2D eigenvalue weighted by Crippen LogP contribution is 2.18. The second-order valence-corrected chi connectivity index (χ2v) is 4.54. The fraction of sp³-hybridized carbons (Fsp3) is 0. The zero-order valence-electron chi connectivity index (χ0n) is 11.5. The largest absolute Gasteiger partial charge is 0.318 e. The van der Waals surface area contributed by atoms with Gasteiger partial charge in [-0.25, -0.2) is 9.97 Å². The molecule has 6 nitrogen and oxygen atoms in total. The number of anilines is 2. The lowest BCUT2D eigenvalue weighted by Gasteiger charge is -2.06. The lowest BCUT2D eigenvalue weighted by atomic mass is 10.1. The number of nitrogens with one attached hydrogen (secondary N) is 2. The van der Waals surface area contributed by atoms with Crippen LogP contribution in [0.15, 0.2) is 60.9 Å². The molecule has 1 heterocycles. The van der Waals surface area contributed by atoms with E-state index in [0.717, 1.165) is 10.8 Å². The Balaban J connectivity index is 1.71. The van der Waals surface area contributed by atoms with Gasteiger partial charge < -0.3 is 5.32 Å². The number of carbonyl (C=O) groups excluding carboxylic acids is 2. The first kappa shape index (κ1) is 13.7. The van der Waals surface area contributed by atoms with Gasteiger partial charge in [-0.05, 0) is 29.0 Å². The van der Waals surface area contributed by atoms with Crippen LogP contribution in [0.1, 0.15) is 0 Å². The van der Waals surface area contributed by atoms with Gasteiger partial charge in [-0.15, -0.1) is 0 Å². The average molecular weight is 292 g/mol. The lowest BCUT2D eigenvalue weighted by Crippen LogP contribution is -2.29. The normalized spacial score (nSPS) is 10.2. The van der Waals surface area contributed by atoms with Gasteiger partial charge in [0.05, 0.1) is 0 Å². The number of nitrogens with zero attached hydrogens (tertiary/aromatic N) is 2. The van der Waals surface area contributed by atoms with Crippen molar-refractivity contribution >= 4 is 34.2 Å². The van der Waals surface area contributed by atoms with E-state index in [9.17, 15) is 9.59 Å². The van der Waals surface area contributed by atoms with Crippen molar-refractivity contribution in [2.24, 2.45) is 0 Å². The predicted octanol–water partition coefficient (Wildman–Crippen LogP) is 2.21. The Kier molecular flexibility index (Phi) is 3.74. The molecular weight excluding hydrogens is 280 g/mol. The summed E-state index contributed by atoms with van der Waals surface area (Å²) in [5, 5.41) is 6.91. The molecule has 2 N–H and O–H groups in total. The van der Waals surface area contributed by atoms with Crippen molar-refractivity contribution in [3.8, 4) is 0 Å². The molecule has 0 spiro atoms. The van der Waals surface area contributed by atoms with Gasteiger partial charge in [0.15, 0.2) is 0 Å². The van der Waals surface area contributed by atoms with Crippen LogP contribution in [0.2, 0.25) is 0 Å². The average Bonchev–Trinajstić information content (AvgIpc) is 2.55. The van der Waals surface area contributed by atoms with Crippen LogP contribution in [0.5, 0.6) is 0 Å². The van der Waals surface area contributed by atoms with Crippen LogP contribution in [0.25, 0.3) is 10.8 Å². The number of rotatable bonds is 2. The number of amides is 2. The number of fused-ring (bicyclic) bond motifs is 1. The maximum absolute atomic E-state index is 11.9. The van der Waals surface area contributed by atoms with Gasteiger partial charge in [-0.2, -0.15) is 0 Å². The van der Waals surface area contributed by atoms with Gasteiger partial charge in [-0.3, -0.25) is 14.9 Å². The zero-order valence-corrected chi connectivity index (χ0v) is 11.5. The van der Waals surface area contributed by atoms with Crippen LogP contribution in [0.4, 0.5) is 11.6 Å². The third-order valence-electron chi connectivity index (χ3n) is 3.00. The summed E-state index contributed by atoms with van der Waals surface area (Å²) >= 11 is 0. The van der Waals surface area contributed by atoms with Crippen molar-refractivity contribution in [2.45, 2.75) is 0 Å². The minimum Gasteiger partial charge on any atom is -0.318 e. The van der Waals surface area contributed by atoms with E-state index in [2.05, 4.69) is 20.6 Å². The minimum absolute atomic E-state index is 0.0844. The summed E-state index contributed by atoms with van der Waals surface area (Å²) in [5.41, 5.74) is 0.549. The van der Waals surface area contributed by atoms with Crippen LogP contribution in [0.3, 0.4) is 0 Å². The Bertz CT molecular complexity index is 834. The molecule has 0 fully saturated rings. The van der Waals surface area contributed by atoms with Gasteiger partial charge in [0, 0.05) is 18.1 Å². The number of carbonyl (C=O) groups is 2. The summed E-state index contributed by atoms with van der Waals surface area (Å²) in [4.78, 5) is 31.3. The maximum atomic E-state index is 11.9. The highest BCUT2D eigenvalue weighted by atomic mass is 16.2. The number of benzene rings is 2. The van der Waals surface area contributed by atoms with E-state index in [0.29, 0.717) is 5.69 Å². The van der Waals surface area contributed by atoms with Gasteiger partial charge in [0.25, 0.3) is 0 Å². The third-order valence-corrected chi connectivity index (χ3v) is 3.00. The first-order valence-electron chi connectivity index (χ1n) is 6.60. The van der Waals surface area contributed by atoms with Gasteiger partial charge in [0.2, 0.25) is 5.95 Å². The number of aromatic nitrogens is 2. The summed E-state index contributed by atoms with van der Waals surface area (Å²) in [7, 11) is 0. The topological polar surface area (TPSA) is 84.0 Å². The highest BCUT2D eigenvalue weighted by molar-refractivity contribution is 6.43. The molecule has 0 saturated heterocycles. The minimum atomic E-state index is -0.820. The van der Waals surface area contributed by atoms with Gasteiger partial charge in [-0.1, -0.05) is 30.3 Å². The maximum Gasteiger partial charge on any atom is 0.316 e. The van der Waals surface area contributed by atoms with E-state index in [1.54, 1.807) is 18.2 Å². The molecule has 2 amide bonds. The number of hydrogen-bond donors (Lipinski definition) is 2. The van der Waals surface area contributed by atoms with Crippen LogP contribution in [0, 0.1) is 0 Å². The van der Waals surface area contributed by atoms with Crippen LogP contribution < -0.4 is 10.6 Å². The van der Waals surface area contributed by atoms with Crippen molar-refractivity contribution < 1.29 is 9.59 Å². The van der Waals surface area contributed by atoms with Gasteiger partial charge >= 0.3 is 11.8 Å². The summed E-state index contributed by atoms with van der Waals surface area (Å²) < 4.78 is 0. The van der Waals surface area contributed by atoms with Crippen molar-refractivity contribution in [3.63, 3.8) is 0 Å². The van der Waals surface area contributed by atoms with E-state index in [4.69, 9.17) is 0 Å². The molecule has 0 aliphatic carbocycles. The second kappa shape index (κ2) is 6.01. The van der Waals surface area contributed by atoms with Crippen LogP contribution in [-0.2, 0) is 9.59 Å². The van der Waals surface area contributed by atoms with E-state index < -0.39 is 11.8 Å². The SMILES string of the molecule is O=C(Nc1ccc2ccccc2c1)C(=O)Nc1ncccn1. The molecular formula is C16H12N4O2. The van der Waals surface area contributed by atoms with Crippen LogP contribution >= 0.6 is 0 Å². The third kappa shape index (κ3) is 3.06. The Morgan fingerprint density at radius 3 is 2.23 bits per heavy atom.